The van der Waals surface area contributed by atoms with Crippen molar-refractivity contribution in [3.8, 4) is 5.82 Å². The third kappa shape index (κ3) is 5.51. The number of rotatable bonds is 7. The number of nitrogens with one attached hydrogen (secondary N) is 1. The number of carbonyl (C=O) groups is 2. The van der Waals surface area contributed by atoms with E-state index in [0.29, 0.717) is 17.2 Å². The number of pyridine rings is 1. The number of amides is 2. The second-order valence-corrected chi connectivity index (χ2v) is 9.33. The van der Waals surface area contributed by atoms with Crippen molar-refractivity contribution >= 4 is 23.4 Å². The zero-order valence-corrected chi connectivity index (χ0v) is 20.5. The van der Waals surface area contributed by atoms with Gasteiger partial charge in [-0.1, -0.05) is 11.6 Å². The van der Waals surface area contributed by atoms with Gasteiger partial charge in [0.25, 0.3) is 11.8 Å². The van der Waals surface area contributed by atoms with Crippen LogP contribution in [0.15, 0.2) is 42.9 Å². The third-order valence-corrected chi connectivity index (χ3v) is 5.96. The Balaban J connectivity index is 1.51. The summed E-state index contributed by atoms with van der Waals surface area (Å²) in [7, 11) is 0. The van der Waals surface area contributed by atoms with Crippen molar-refractivity contribution in [2.75, 3.05) is 0 Å². The molecule has 0 bridgehead atoms. The van der Waals surface area contributed by atoms with Crippen LogP contribution in [-0.4, -0.2) is 48.5 Å². The largest absolute Gasteiger partial charge is 0.416 e. The molecule has 1 N–H and O–H groups in total. The summed E-state index contributed by atoms with van der Waals surface area (Å²) in [5.74, 6) is -0.182. The number of hydrogen-bond donors (Lipinski definition) is 1. The molecule has 0 spiro atoms. The molecule has 0 aliphatic heterocycles. The second kappa shape index (κ2) is 9.88. The van der Waals surface area contributed by atoms with Crippen molar-refractivity contribution < 1.29 is 22.8 Å². The van der Waals surface area contributed by atoms with E-state index in [4.69, 9.17) is 11.6 Å². The lowest BCUT2D eigenvalue weighted by atomic mass is 10.1. The van der Waals surface area contributed by atoms with Crippen LogP contribution >= 0.6 is 11.6 Å². The minimum atomic E-state index is -4.64. The highest BCUT2D eigenvalue weighted by molar-refractivity contribution is 6.31. The van der Waals surface area contributed by atoms with E-state index in [9.17, 15) is 22.8 Å². The average Bonchev–Trinajstić information content (AvgIpc) is 3.51. The average molecular weight is 521 g/mol. The van der Waals surface area contributed by atoms with Crippen LogP contribution in [0.25, 0.3) is 5.82 Å². The maximum absolute atomic E-state index is 13.1. The summed E-state index contributed by atoms with van der Waals surface area (Å²) < 4.78 is 40.7. The van der Waals surface area contributed by atoms with Crippen molar-refractivity contribution in [3.63, 3.8) is 0 Å². The fourth-order valence-electron chi connectivity index (χ4n) is 3.91. The van der Waals surface area contributed by atoms with E-state index in [2.05, 4.69) is 20.4 Å². The topological polar surface area (TPSA) is 93.0 Å². The lowest BCUT2D eigenvalue weighted by Gasteiger charge is -2.26. The summed E-state index contributed by atoms with van der Waals surface area (Å²) in [5, 5.41) is 6.56. The molecule has 1 saturated carbocycles. The lowest BCUT2D eigenvalue weighted by Crippen LogP contribution is -2.38. The van der Waals surface area contributed by atoms with E-state index in [0.717, 1.165) is 31.0 Å². The van der Waals surface area contributed by atoms with Crippen LogP contribution in [0.1, 0.15) is 71.8 Å². The van der Waals surface area contributed by atoms with Gasteiger partial charge in [0, 0.05) is 28.9 Å². The SMILES string of the molecule is CC(C)N(C(=O)c1ccc(-n2ncnc2[C@H](C)NC(=O)c2cc(Cl)cc(C(F)(F)F)c2)nc1)C1CC1. The molecule has 12 heteroatoms. The van der Waals surface area contributed by atoms with Gasteiger partial charge in [0.05, 0.1) is 17.2 Å². The molecule has 1 aromatic carbocycles. The first-order valence-corrected chi connectivity index (χ1v) is 11.7. The Kier molecular flexibility index (Phi) is 7.03. The predicted molar refractivity (Wildman–Crippen MR) is 126 cm³/mol. The van der Waals surface area contributed by atoms with Gasteiger partial charge < -0.3 is 10.2 Å². The van der Waals surface area contributed by atoms with Crippen molar-refractivity contribution in [2.24, 2.45) is 0 Å². The molecule has 1 aliphatic rings. The molecule has 2 heterocycles. The number of hydrogen-bond acceptors (Lipinski definition) is 5. The Labute approximate surface area is 210 Å². The molecule has 2 aromatic heterocycles. The molecule has 0 unspecified atom stereocenters. The molecule has 1 aliphatic carbocycles. The summed E-state index contributed by atoms with van der Waals surface area (Å²) >= 11 is 5.79. The van der Waals surface area contributed by atoms with Crippen LogP contribution in [0.3, 0.4) is 0 Å². The molecule has 1 atom stereocenters. The zero-order chi connectivity index (χ0) is 26.2. The van der Waals surface area contributed by atoms with E-state index < -0.39 is 23.7 Å². The minimum Gasteiger partial charge on any atom is -0.342 e. The summed E-state index contributed by atoms with van der Waals surface area (Å²) in [4.78, 5) is 36.0. The highest BCUT2D eigenvalue weighted by atomic mass is 35.5. The van der Waals surface area contributed by atoms with Crippen LogP contribution in [0, 0.1) is 0 Å². The number of halogens is 4. The molecular formula is C24H24ClF3N6O2. The number of carbonyl (C=O) groups excluding carboxylic acids is 2. The summed E-state index contributed by atoms with van der Waals surface area (Å²) in [6.07, 6.45) is 0.0835. The fraction of sp³-hybridized carbons (Fsp3) is 0.375. The monoisotopic (exact) mass is 520 g/mol. The normalized spacial score (nSPS) is 14.6. The molecule has 4 rings (SSSR count). The first-order chi connectivity index (χ1) is 17.0. The van der Waals surface area contributed by atoms with Crippen molar-refractivity contribution in [1.29, 1.82) is 0 Å². The van der Waals surface area contributed by atoms with E-state index in [1.165, 1.54) is 17.2 Å². The molecular weight excluding hydrogens is 497 g/mol. The van der Waals surface area contributed by atoms with Crippen molar-refractivity contribution in [2.45, 2.75) is 57.9 Å². The second-order valence-electron chi connectivity index (χ2n) is 8.89. The Bertz CT molecular complexity index is 1270. The number of nitrogens with zero attached hydrogens (tertiary/aromatic N) is 5. The van der Waals surface area contributed by atoms with Gasteiger partial charge in [0.1, 0.15) is 6.33 Å². The summed E-state index contributed by atoms with van der Waals surface area (Å²) in [6.45, 7) is 5.56. The van der Waals surface area contributed by atoms with Crippen LogP contribution in [0.5, 0.6) is 0 Å². The van der Waals surface area contributed by atoms with Gasteiger partial charge in [0.2, 0.25) is 0 Å². The van der Waals surface area contributed by atoms with E-state index >= 15 is 0 Å². The molecule has 0 saturated heterocycles. The summed E-state index contributed by atoms with van der Waals surface area (Å²) in [5.41, 5.74) is -0.810. The maximum Gasteiger partial charge on any atom is 0.416 e. The van der Waals surface area contributed by atoms with Crippen molar-refractivity contribution in [3.05, 3.63) is 70.4 Å². The Morgan fingerprint density at radius 2 is 1.83 bits per heavy atom. The molecule has 190 valence electrons. The maximum atomic E-state index is 13.1. The molecule has 2 amide bonds. The first kappa shape index (κ1) is 25.6. The fourth-order valence-corrected chi connectivity index (χ4v) is 4.15. The third-order valence-electron chi connectivity index (χ3n) is 5.74. The van der Waals surface area contributed by atoms with Gasteiger partial charge in [-0.3, -0.25) is 9.59 Å². The highest BCUT2D eigenvalue weighted by Crippen LogP contribution is 2.32. The Hall–Kier alpha value is -3.47. The van der Waals surface area contributed by atoms with Gasteiger partial charge in [-0.2, -0.15) is 23.0 Å². The number of benzene rings is 1. The van der Waals surface area contributed by atoms with Crippen LogP contribution in [0.4, 0.5) is 13.2 Å². The molecule has 0 radical (unpaired) electrons. The Morgan fingerprint density at radius 1 is 1.11 bits per heavy atom. The molecule has 1 fully saturated rings. The van der Waals surface area contributed by atoms with Gasteiger partial charge >= 0.3 is 6.18 Å². The van der Waals surface area contributed by atoms with Gasteiger partial charge in [-0.25, -0.2) is 9.97 Å². The van der Waals surface area contributed by atoms with Crippen molar-refractivity contribution in [1.82, 2.24) is 30.0 Å². The molecule has 8 nitrogen and oxygen atoms in total. The van der Waals surface area contributed by atoms with E-state index in [1.807, 2.05) is 18.7 Å². The van der Waals surface area contributed by atoms with E-state index in [1.54, 1.807) is 19.1 Å². The molecule has 3 aromatic rings. The Morgan fingerprint density at radius 3 is 2.42 bits per heavy atom. The highest BCUT2D eigenvalue weighted by Gasteiger charge is 2.35. The molecule has 36 heavy (non-hydrogen) atoms. The number of alkyl halides is 3. The predicted octanol–water partition coefficient (Wildman–Crippen LogP) is 4.84. The lowest BCUT2D eigenvalue weighted by molar-refractivity contribution is -0.137. The van der Waals surface area contributed by atoms with Crippen LogP contribution < -0.4 is 5.32 Å². The number of aromatic nitrogens is 4. The standard InChI is InChI=1S/C24H24ClF3N6O2/c1-13(2)33(19-5-6-19)23(36)15-4-7-20(29-11-15)34-21(30-12-31-34)14(3)32-22(35)16-8-17(24(26,27)28)10-18(25)9-16/h4,7-14,19H,5-6H2,1-3H3,(H,32,35)/t14-/m0/s1. The first-order valence-electron chi connectivity index (χ1n) is 11.3. The van der Waals surface area contributed by atoms with Gasteiger partial charge in [0.15, 0.2) is 11.6 Å². The minimum absolute atomic E-state index is 0.0720. The van der Waals surface area contributed by atoms with Crippen LogP contribution in [-0.2, 0) is 6.18 Å². The van der Waals surface area contributed by atoms with Crippen LogP contribution in [0.2, 0.25) is 5.02 Å². The zero-order valence-electron chi connectivity index (χ0n) is 19.8. The quantitative estimate of drug-likeness (QED) is 0.481. The van der Waals surface area contributed by atoms with E-state index in [-0.39, 0.29) is 28.6 Å². The van der Waals surface area contributed by atoms with Gasteiger partial charge in [-0.15, -0.1) is 0 Å². The van der Waals surface area contributed by atoms with Gasteiger partial charge in [-0.05, 0) is 63.9 Å². The summed E-state index contributed by atoms with van der Waals surface area (Å²) in [6, 6.07) is 5.52. The smallest absolute Gasteiger partial charge is 0.342 e.